The maximum Gasteiger partial charge on any atom is 0.165 e. The molecule has 0 bridgehead atoms. The monoisotopic (exact) mass is 664 g/mol. The Morgan fingerprint density at radius 3 is 1.27 bits per heavy atom. The summed E-state index contributed by atoms with van der Waals surface area (Å²) in [5.41, 5.74) is 7.79. The number of hydrogen-bond donors (Lipinski definition) is 0. The average Bonchev–Trinajstić information content (AvgIpc) is 3.24. The summed E-state index contributed by atoms with van der Waals surface area (Å²) >= 11 is 0. The van der Waals surface area contributed by atoms with Crippen LogP contribution in [0.2, 0.25) is 0 Å². The van der Waals surface area contributed by atoms with Crippen LogP contribution in [0.15, 0.2) is 170 Å². The summed E-state index contributed by atoms with van der Waals surface area (Å²) in [7, 11) is 0. The number of pyridine rings is 3. The summed E-state index contributed by atoms with van der Waals surface area (Å²) in [5, 5.41) is 8.53. The molecule has 52 heavy (non-hydrogen) atoms. The maximum atomic E-state index is 5.31. The number of fused-ring (bicyclic) bond motifs is 8. The van der Waals surface area contributed by atoms with E-state index >= 15 is 0 Å². The maximum absolute atomic E-state index is 5.31. The van der Waals surface area contributed by atoms with Crippen molar-refractivity contribution in [3.63, 3.8) is 0 Å². The van der Waals surface area contributed by atoms with Gasteiger partial charge in [-0.2, -0.15) is 0 Å². The van der Waals surface area contributed by atoms with Gasteiger partial charge in [-0.05, 0) is 63.0 Å². The van der Waals surface area contributed by atoms with Gasteiger partial charge in [0.2, 0.25) is 0 Å². The molecule has 0 unspecified atom stereocenters. The van der Waals surface area contributed by atoms with E-state index in [0.29, 0.717) is 17.5 Å². The van der Waals surface area contributed by atoms with Crippen molar-refractivity contribution in [3.8, 4) is 56.5 Å². The number of nitrogens with zero attached hydrogens (tertiary/aromatic N) is 6. The molecule has 10 rings (SSSR count). The Balaban J connectivity index is 1.06. The van der Waals surface area contributed by atoms with E-state index in [1.807, 2.05) is 24.3 Å². The quantitative estimate of drug-likeness (QED) is 0.170. The van der Waals surface area contributed by atoms with E-state index in [-0.39, 0.29) is 0 Å². The fraction of sp³-hybridized carbons (Fsp3) is 0. The predicted molar refractivity (Wildman–Crippen MR) is 210 cm³/mol. The topological polar surface area (TPSA) is 77.3 Å². The third kappa shape index (κ3) is 5.05. The standard InChI is InChI=1S/C46H28N6/c1-3-13-37-35(11-1)36-12-2-4-14-38(36)42-41(37)39-15-5-6-16-40(39)49-43(42)31-21-17-29(18-22-31)30-19-23-32(24-20-30)44-50-45(33-9-7-25-47-27-33)52-46(51-44)34-10-8-26-48-28-34/h1-28H. The van der Waals surface area contributed by atoms with E-state index in [2.05, 4.69) is 131 Å². The van der Waals surface area contributed by atoms with E-state index in [9.17, 15) is 0 Å². The van der Waals surface area contributed by atoms with Crippen molar-refractivity contribution in [2.75, 3.05) is 0 Å². The molecule has 6 nitrogen and oxygen atoms in total. The zero-order valence-electron chi connectivity index (χ0n) is 27.8. The minimum atomic E-state index is 0.562. The SMILES string of the molecule is c1cncc(-c2nc(-c3ccc(-c4ccc(-c5nc6ccccc6c6c7ccccc7c7ccccc7c56)cc4)cc3)nc(-c3cccnc3)n2)c1. The van der Waals surface area contributed by atoms with E-state index in [4.69, 9.17) is 19.9 Å². The smallest absolute Gasteiger partial charge is 0.165 e. The Kier molecular flexibility index (Phi) is 7.03. The predicted octanol–water partition coefficient (Wildman–Crippen LogP) is 11.0. The number of aromatic nitrogens is 6. The third-order valence-electron chi connectivity index (χ3n) is 9.69. The van der Waals surface area contributed by atoms with Gasteiger partial charge in [0, 0.05) is 63.2 Å². The second kappa shape index (κ2) is 12.3. The van der Waals surface area contributed by atoms with Crippen molar-refractivity contribution in [2.24, 2.45) is 0 Å². The van der Waals surface area contributed by atoms with Crippen LogP contribution < -0.4 is 0 Å². The lowest BCUT2D eigenvalue weighted by atomic mass is 9.89. The van der Waals surface area contributed by atoms with Crippen molar-refractivity contribution in [1.29, 1.82) is 0 Å². The first-order valence-electron chi connectivity index (χ1n) is 17.2. The van der Waals surface area contributed by atoms with Gasteiger partial charge in [0.25, 0.3) is 0 Å². The zero-order valence-corrected chi connectivity index (χ0v) is 27.8. The summed E-state index contributed by atoms with van der Waals surface area (Å²) in [6.45, 7) is 0. The van der Waals surface area contributed by atoms with E-state index in [1.54, 1.807) is 24.8 Å². The van der Waals surface area contributed by atoms with Crippen LogP contribution in [0.5, 0.6) is 0 Å². The third-order valence-corrected chi connectivity index (χ3v) is 9.69. The summed E-state index contributed by atoms with van der Waals surface area (Å²) in [4.78, 5) is 28.3. The van der Waals surface area contributed by atoms with Crippen LogP contribution in [0.4, 0.5) is 0 Å². The molecule has 10 aromatic rings. The molecule has 0 saturated heterocycles. The molecule has 6 aromatic carbocycles. The molecule has 0 N–H and O–H groups in total. The van der Waals surface area contributed by atoms with Crippen LogP contribution in [0.25, 0.3) is 99.8 Å². The molecule has 0 amide bonds. The molecule has 0 fully saturated rings. The van der Waals surface area contributed by atoms with Crippen LogP contribution in [0.3, 0.4) is 0 Å². The Morgan fingerprint density at radius 2 is 0.731 bits per heavy atom. The van der Waals surface area contributed by atoms with Gasteiger partial charge in [-0.3, -0.25) is 9.97 Å². The molecule has 0 aliphatic carbocycles. The van der Waals surface area contributed by atoms with Crippen molar-refractivity contribution < 1.29 is 0 Å². The van der Waals surface area contributed by atoms with Gasteiger partial charge in [0.15, 0.2) is 17.5 Å². The van der Waals surface area contributed by atoms with Crippen molar-refractivity contribution in [3.05, 3.63) is 170 Å². The molecule has 6 heteroatoms. The first kappa shape index (κ1) is 29.7. The molecule has 0 aliphatic heterocycles. The molecule has 242 valence electrons. The van der Waals surface area contributed by atoms with Crippen molar-refractivity contribution >= 4 is 43.2 Å². The molecule has 0 atom stereocenters. The van der Waals surface area contributed by atoms with Crippen LogP contribution in [0.1, 0.15) is 0 Å². The summed E-state index contributed by atoms with van der Waals surface area (Å²) in [6, 6.07) is 50.7. The van der Waals surface area contributed by atoms with Gasteiger partial charge in [0.1, 0.15) is 0 Å². The van der Waals surface area contributed by atoms with Gasteiger partial charge in [-0.25, -0.2) is 19.9 Å². The Morgan fingerprint density at radius 1 is 0.288 bits per heavy atom. The molecule has 0 spiro atoms. The summed E-state index contributed by atoms with van der Waals surface area (Å²) < 4.78 is 0. The van der Waals surface area contributed by atoms with Gasteiger partial charge in [-0.15, -0.1) is 0 Å². The number of benzene rings is 6. The minimum absolute atomic E-state index is 0.562. The highest BCUT2D eigenvalue weighted by Gasteiger charge is 2.18. The highest BCUT2D eigenvalue weighted by molar-refractivity contribution is 6.33. The van der Waals surface area contributed by atoms with Crippen molar-refractivity contribution in [2.45, 2.75) is 0 Å². The van der Waals surface area contributed by atoms with Crippen LogP contribution in [-0.4, -0.2) is 29.9 Å². The van der Waals surface area contributed by atoms with E-state index < -0.39 is 0 Å². The molecule has 0 saturated carbocycles. The Hall–Kier alpha value is -7.18. The largest absolute Gasteiger partial charge is 0.264 e. The fourth-order valence-corrected chi connectivity index (χ4v) is 7.22. The normalized spacial score (nSPS) is 11.5. The molecule has 4 aromatic heterocycles. The molecular formula is C46H28N6. The second-order valence-corrected chi connectivity index (χ2v) is 12.8. The van der Waals surface area contributed by atoms with E-state index in [0.717, 1.165) is 44.6 Å². The summed E-state index contributed by atoms with van der Waals surface area (Å²) in [6.07, 6.45) is 7.01. The first-order chi connectivity index (χ1) is 25.8. The lowest BCUT2D eigenvalue weighted by Gasteiger charge is -2.16. The Labute approximate surface area is 299 Å². The molecule has 0 radical (unpaired) electrons. The highest BCUT2D eigenvalue weighted by atomic mass is 15.0. The second-order valence-electron chi connectivity index (χ2n) is 12.8. The zero-order chi connectivity index (χ0) is 34.4. The minimum Gasteiger partial charge on any atom is -0.264 e. The van der Waals surface area contributed by atoms with Crippen LogP contribution in [-0.2, 0) is 0 Å². The molecule has 0 aliphatic rings. The lowest BCUT2D eigenvalue weighted by Crippen LogP contribution is -2.00. The Bertz CT molecular complexity index is 2870. The van der Waals surface area contributed by atoms with Crippen molar-refractivity contribution in [1.82, 2.24) is 29.9 Å². The van der Waals surface area contributed by atoms with Gasteiger partial charge in [-0.1, -0.05) is 115 Å². The van der Waals surface area contributed by atoms with Gasteiger partial charge < -0.3 is 0 Å². The highest BCUT2D eigenvalue weighted by Crippen LogP contribution is 2.43. The molecule has 4 heterocycles. The average molecular weight is 665 g/mol. The molecular weight excluding hydrogens is 637 g/mol. The fourth-order valence-electron chi connectivity index (χ4n) is 7.22. The summed E-state index contributed by atoms with van der Waals surface area (Å²) in [5.74, 6) is 1.71. The van der Waals surface area contributed by atoms with Gasteiger partial charge >= 0.3 is 0 Å². The van der Waals surface area contributed by atoms with Crippen LogP contribution in [0, 0.1) is 0 Å². The van der Waals surface area contributed by atoms with Gasteiger partial charge in [0.05, 0.1) is 11.2 Å². The first-order valence-corrected chi connectivity index (χ1v) is 17.2. The van der Waals surface area contributed by atoms with Crippen LogP contribution >= 0.6 is 0 Å². The van der Waals surface area contributed by atoms with E-state index in [1.165, 1.54) is 37.7 Å². The lowest BCUT2D eigenvalue weighted by molar-refractivity contribution is 1.07. The number of rotatable bonds is 5. The number of para-hydroxylation sites is 1. The number of hydrogen-bond acceptors (Lipinski definition) is 6.